The lowest BCUT2D eigenvalue weighted by atomic mass is 9.96. The fraction of sp³-hybridized carbons (Fsp3) is 0.214. The van der Waals surface area contributed by atoms with Crippen LogP contribution in [0, 0.1) is 17.5 Å². The molecule has 158 valence electrons. The fourth-order valence-electron chi connectivity index (χ4n) is 4.02. The molecule has 0 atom stereocenters. The molecular weight excluding hydrogens is 393 g/mol. The molecule has 4 aromatic carbocycles. The van der Waals surface area contributed by atoms with E-state index in [2.05, 4.69) is 31.2 Å². The van der Waals surface area contributed by atoms with Crippen LogP contribution in [-0.4, -0.2) is 0 Å². The first-order valence-corrected chi connectivity index (χ1v) is 10.8. The predicted octanol–water partition coefficient (Wildman–Crippen LogP) is 8.71. The molecule has 4 aromatic rings. The molecule has 3 heteroatoms. The number of fused-ring (bicyclic) bond motifs is 1. The summed E-state index contributed by atoms with van der Waals surface area (Å²) in [5.74, 6) is -1.96. The number of rotatable bonds is 7. The van der Waals surface area contributed by atoms with E-state index < -0.39 is 17.5 Å². The molecule has 0 aromatic heterocycles. The van der Waals surface area contributed by atoms with Crippen LogP contribution in [0.15, 0.2) is 72.8 Å². The van der Waals surface area contributed by atoms with Crippen LogP contribution in [0.5, 0.6) is 0 Å². The number of benzene rings is 4. The van der Waals surface area contributed by atoms with Crippen LogP contribution in [0.3, 0.4) is 0 Å². The molecule has 0 bridgehead atoms. The predicted molar refractivity (Wildman–Crippen MR) is 123 cm³/mol. The third-order valence-corrected chi connectivity index (χ3v) is 5.70. The summed E-state index contributed by atoms with van der Waals surface area (Å²) in [4.78, 5) is 0. The largest absolute Gasteiger partial charge is 0.207 e. The van der Waals surface area contributed by atoms with Gasteiger partial charge in [0.1, 0.15) is 17.5 Å². The van der Waals surface area contributed by atoms with Crippen molar-refractivity contribution in [2.45, 2.75) is 39.0 Å². The smallest absolute Gasteiger partial charge is 0.131 e. The second-order valence-corrected chi connectivity index (χ2v) is 8.06. The Morgan fingerprint density at radius 2 is 1.26 bits per heavy atom. The second-order valence-electron chi connectivity index (χ2n) is 8.06. The van der Waals surface area contributed by atoms with Crippen molar-refractivity contribution in [3.63, 3.8) is 0 Å². The lowest BCUT2D eigenvalue weighted by molar-refractivity contribution is 0.583. The maximum absolute atomic E-state index is 14.8. The number of unbranched alkanes of at least 4 members (excludes halogenated alkanes) is 3. The number of halogens is 3. The van der Waals surface area contributed by atoms with E-state index >= 15 is 0 Å². The Morgan fingerprint density at radius 3 is 2.00 bits per heavy atom. The van der Waals surface area contributed by atoms with Crippen LogP contribution in [0.1, 0.15) is 38.2 Å². The average molecular weight is 419 g/mol. The first-order chi connectivity index (χ1) is 15.0. The van der Waals surface area contributed by atoms with Crippen LogP contribution in [0.4, 0.5) is 13.2 Å². The standard InChI is InChI=1S/C28H25F3/c1-2-3-4-5-6-19-7-8-21-14-22(10-9-20(21)13-19)23-11-12-27(28(31)17-23)24-15-25(29)18-26(30)16-24/h7-18H,2-6H2,1H3. The zero-order valence-electron chi connectivity index (χ0n) is 17.6. The van der Waals surface area contributed by atoms with Crippen molar-refractivity contribution in [1.82, 2.24) is 0 Å². The van der Waals surface area contributed by atoms with E-state index in [1.165, 1.54) is 42.7 Å². The Bertz CT molecular complexity index is 1190. The van der Waals surface area contributed by atoms with E-state index in [-0.39, 0.29) is 11.1 Å². The first kappa shape index (κ1) is 21.2. The lowest BCUT2D eigenvalue weighted by Gasteiger charge is -2.09. The number of hydrogen-bond acceptors (Lipinski definition) is 0. The Morgan fingerprint density at radius 1 is 0.581 bits per heavy atom. The highest BCUT2D eigenvalue weighted by molar-refractivity contribution is 5.88. The summed E-state index contributed by atoms with van der Waals surface area (Å²) in [5.41, 5.74) is 3.33. The summed E-state index contributed by atoms with van der Waals surface area (Å²) in [7, 11) is 0. The molecule has 4 rings (SSSR count). The molecule has 0 saturated heterocycles. The van der Waals surface area contributed by atoms with Gasteiger partial charge in [-0.05, 0) is 70.1 Å². The summed E-state index contributed by atoms with van der Waals surface area (Å²) >= 11 is 0. The lowest BCUT2D eigenvalue weighted by Crippen LogP contribution is -1.90. The number of aryl methyl sites for hydroxylation is 1. The molecule has 0 radical (unpaired) electrons. The maximum Gasteiger partial charge on any atom is 0.131 e. The van der Waals surface area contributed by atoms with Gasteiger partial charge in [-0.25, -0.2) is 13.2 Å². The third kappa shape index (κ3) is 4.99. The molecule has 0 aliphatic heterocycles. The van der Waals surface area contributed by atoms with Gasteiger partial charge in [-0.2, -0.15) is 0 Å². The zero-order valence-corrected chi connectivity index (χ0v) is 17.6. The molecule has 0 aliphatic rings. The summed E-state index contributed by atoms with van der Waals surface area (Å²) in [6, 6.07) is 20.4. The van der Waals surface area contributed by atoms with Gasteiger partial charge in [0, 0.05) is 11.6 Å². The molecule has 0 spiro atoms. The van der Waals surface area contributed by atoms with Crippen molar-refractivity contribution in [1.29, 1.82) is 0 Å². The van der Waals surface area contributed by atoms with Crippen molar-refractivity contribution in [2.75, 3.05) is 0 Å². The summed E-state index contributed by atoms with van der Waals surface area (Å²) < 4.78 is 41.8. The molecule has 0 saturated carbocycles. The topological polar surface area (TPSA) is 0 Å². The number of hydrogen-bond donors (Lipinski definition) is 0. The van der Waals surface area contributed by atoms with Crippen LogP contribution < -0.4 is 0 Å². The van der Waals surface area contributed by atoms with E-state index in [9.17, 15) is 13.2 Å². The SMILES string of the molecule is CCCCCCc1ccc2cc(-c3ccc(-c4cc(F)cc(F)c4)c(F)c3)ccc2c1. The van der Waals surface area contributed by atoms with Gasteiger partial charge in [0.05, 0.1) is 0 Å². The highest BCUT2D eigenvalue weighted by Gasteiger charge is 2.10. The van der Waals surface area contributed by atoms with E-state index in [4.69, 9.17) is 0 Å². The van der Waals surface area contributed by atoms with Crippen LogP contribution >= 0.6 is 0 Å². The quantitative estimate of drug-likeness (QED) is 0.263. The molecule has 0 unspecified atom stereocenters. The fourth-order valence-corrected chi connectivity index (χ4v) is 4.02. The summed E-state index contributed by atoms with van der Waals surface area (Å²) in [5, 5.41) is 2.27. The molecule has 0 nitrogen and oxygen atoms in total. The molecule has 0 fully saturated rings. The second kappa shape index (κ2) is 9.38. The highest BCUT2D eigenvalue weighted by atomic mass is 19.1. The van der Waals surface area contributed by atoms with Crippen molar-refractivity contribution in [2.24, 2.45) is 0 Å². The van der Waals surface area contributed by atoms with Crippen molar-refractivity contribution in [3.05, 3.63) is 95.8 Å². The van der Waals surface area contributed by atoms with Crippen LogP contribution in [-0.2, 0) is 6.42 Å². The minimum atomic E-state index is -0.724. The normalized spacial score (nSPS) is 11.2. The molecular formula is C28H25F3. The van der Waals surface area contributed by atoms with Gasteiger partial charge in [-0.1, -0.05) is 68.7 Å². The monoisotopic (exact) mass is 418 g/mol. The van der Waals surface area contributed by atoms with Crippen LogP contribution in [0.2, 0.25) is 0 Å². The minimum Gasteiger partial charge on any atom is -0.207 e. The Balaban J connectivity index is 1.58. The highest BCUT2D eigenvalue weighted by Crippen LogP contribution is 2.31. The van der Waals surface area contributed by atoms with Gasteiger partial charge < -0.3 is 0 Å². The summed E-state index contributed by atoms with van der Waals surface area (Å²) in [6.07, 6.45) is 6.07. The molecule has 31 heavy (non-hydrogen) atoms. The van der Waals surface area contributed by atoms with Crippen molar-refractivity contribution >= 4 is 10.8 Å². The maximum atomic E-state index is 14.8. The zero-order chi connectivity index (χ0) is 21.8. The van der Waals surface area contributed by atoms with E-state index in [0.29, 0.717) is 0 Å². The molecule has 0 aliphatic carbocycles. The average Bonchev–Trinajstić information content (AvgIpc) is 2.75. The first-order valence-electron chi connectivity index (χ1n) is 10.8. The third-order valence-electron chi connectivity index (χ3n) is 5.70. The van der Waals surface area contributed by atoms with Crippen molar-refractivity contribution < 1.29 is 13.2 Å². The van der Waals surface area contributed by atoms with E-state index in [1.807, 2.05) is 12.1 Å². The van der Waals surface area contributed by atoms with Gasteiger partial charge in [0.2, 0.25) is 0 Å². The summed E-state index contributed by atoms with van der Waals surface area (Å²) in [6.45, 7) is 2.22. The van der Waals surface area contributed by atoms with Gasteiger partial charge in [-0.3, -0.25) is 0 Å². The Hall–Kier alpha value is -3.07. The molecule has 0 N–H and O–H groups in total. The van der Waals surface area contributed by atoms with Gasteiger partial charge in [-0.15, -0.1) is 0 Å². The van der Waals surface area contributed by atoms with Gasteiger partial charge in [0.15, 0.2) is 0 Å². The molecule has 0 amide bonds. The van der Waals surface area contributed by atoms with Crippen molar-refractivity contribution in [3.8, 4) is 22.3 Å². The minimum absolute atomic E-state index is 0.177. The Labute approximate surface area is 181 Å². The van der Waals surface area contributed by atoms with Gasteiger partial charge >= 0.3 is 0 Å². The van der Waals surface area contributed by atoms with E-state index in [1.54, 1.807) is 12.1 Å². The van der Waals surface area contributed by atoms with Crippen LogP contribution in [0.25, 0.3) is 33.0 Å². The van der Waals surface area contributed by atoms with E-state index in [0.717, 1.165) is 41.1 Å². The Kier molecular flexibility index (Phi) is 6.41. The van der Waals surface area contributed by atoms with Gasteiger partial charge in [0.25, 0.3) is 0 Å². The molecule has 0 heterocycles.